The molecule has 0 aliphatic heterocycles. The van der Waals surface area contributed by atoms with E-state index in [1.54, 1.807) is 0 Å². The Morgan fingerprint density at radius 3 is 2.08 bits per heavy atom. The summed E-state index contributed by atoms with van der Waals surface area (Å²) >= 11 is 0. The fraction of sp³-hybridized carbons (Fsp3) is 1.00. The molecule has 0 N–H and O–H groups in total. The van der Waals surface area contributed by atoms with Crippen molar-refractivity contribution >= 4 is 17.9 Å². The van der Waals surface area contributed by atoms with E-state index in [4.69, 9.17) is 0 Å². The van der Waals surface area contributed by atoms with Crippen molar-refractivity contribution in [1.29, 1.82) is 0 Å². The van der Waals surface area contributed by atoms with E-state index in [0.29, 0.717) is 6.04 Å². The summed E-state index contributed by atoms with van der Waals surface area (Å²) in [6.07, 6.45) is -4.61. The Labute approximate surface area is 81.3 Å². The highest BCUT2D eigenvalue weighted by atomic mass is 28.4. The zero-order valence-electron chi connectivity index (χ0n) is 8.70. The molecule has 0 saturated heterocycles. The van der Waals surface area contributed by atoms with Crippen LogP contribution in [-0.2, 0) is 0 Å². The molecule has 0 amide bonds. The molecule has 0 radical (unpaired) electrons. The largest absolute Gasteiger partial charge is 0.388 e. The van der Waals surface area contributed by atoms with Crippen LogP contribution in [0.4, 0.5) is 13.2 Å². The van der Waals surface area contributed by atoms with Crippen molar-refractivity contribution in [1.82, 2.24) is 4.23 Å². The van der Waals surface area contributed by atoms with Gasteiger partial charge in [0, 0.05) is 6.42 Å². The zero-order chi connectivity index (χ0) is 10.7. The van der Waals surface area contributed by atoms with E-state index in [1.807, 2.05) is 20.1 Å². The van der Waals surface area contributed by atoms with Crippen molar-refractivity contribution in [2.24, 2.45) is 0 Å². The van der Waals surface area contributed by atoms with Crippen LogP contribution < -0.4 is 0 Å². The average Bonchev–Trinajstić information content (AvgIpc) is 1.98. The molecule has 0 aromatic rings. The van der Waals surface area contributed by atoms with Crippen molar-refractivity contribution in [3.8, 4) is 0 Å². The van der Waals surface area contributed by atoms with Crippen LogP contribution in [0.1, 0.15) is 6.42 Å². The summed E-state index contributed by atoms with van der Waals surface area (Å²) < 4.78 is 38.1. The summed E-state index contributed by atoms with van der Waals surface area (Å²) in [7, 11) is -0.0765. The quantitative estimate of drug-likeness (QED) is 0.668. The number of halogens is 3. The van der Waals surface area contributed by atoms with Crippen molar-refractivity contribution in [2.75, 3.05) is 7.05 Å². The van der Waals surface area contributed by atoms with Crippen LogP contribution in [0.5, 0.6) is 0 Å². The van der Waals surface area contributed by atoms with Gasteiger partial charge < -0.3 is 4.23 Å². The summed E-state index contributed by atoms with van der Waals surface area (Å²) in [6, 6.07) is 0.327. The molecule has 80 valence electrons. The molecule has 0 spiro atoms. The van der Waals surface area contributed by atoms with Crippen LogP contribution in [0.3, 0.4) is 0 Å². The maximum Gasteiger partial charge on any atom is 0.388 e. The van der Waals surface area contributed by atoms with Gasteiger partial charge in [-0.3, -0.25) is 0 Å². The topological polar surface area (TPSA) is 3.24 Å². The molecule has 0 aromatic carbocycles. The Kier molecular flexibility index (Phi) is 4.67. The zero-order valence-corrected chi connectivity index (χ0v) is 11.1. The minimum atomic E-state index is -3.99. The van der Waals surface area contributed by atoms with Crippen LogP contribution in [0.2, 0.25) is 25.7 Å². The SMILES string of the molecule is C[SiH2]N(C)[Si](C)(C)CCC(F)(F)F. The van der Waals surface area contributed by atoms with Gasteiger partial charge in [0.25, 0.3) is 0 Å². The molecule has 0 heterocycles. The van der Waals surface area contributed by atoms with Gasteiger partial charge in [0.05, 0.1) is 9.68 Å². The molecule has 0 bridgehead atoms. The molecular weight excluding hydrogens is 211 g/mol. The first-order valence-corrected chi connectivity index (χ1v) is 9.67. The molecule has 0 fully saturated rings. The highest BCUT2D eigenvalue weighted by Gasteiger charge is 2.33. The van der Waals surface area contributed by atoms with Crippen molar-refractivity contribution < 1.29 is 13.2 Å². The van der Waals surface area contributed by atoms with Gasteiger partial charge >= 0.3 is 6.18 Å². The predicted molar refractivity (Wildman–Crippen MR) is 55.1 cm³/mol. The van der Waals surface area contributed by atoms with Crippen LogP contribution in [0, 0.1) is 0 Å². The summed E-state index contributed by atoms with van der Waals surface area (Å²) in [5.41, 5.74) is 0. The summed E-state index contributed by atoms with van der Waals surface area (Å²) in [4.78, 5) is 0. The van der Waals surface area contributed by atoms with Gasteiger partial charge in [0.2, 0.25) is 0 Å². The number of rotatable bonds is 4. The average molecular weight is 229 g/mol. The number of hydrogen-bond donors (Lipinski definition) is 0. The second-order valence-corrected chi connectivity index (χ2v) is 11.0. The first-order chi connectivity index (χ1) is 5.69. The van der Waals surface area contributed by atoms with Gasteiger partial charge in [-0.15, -0.1) is 0 Å². The summed E-state index contributed by atoms with van der Waals surface area (Å²) in [5, 5.41) is 0. The van der Waals surface area contributed by atoms with E-state index in [2.05, 4.69) is 10.8 Å². The second kappa shape index (κ2) is 4.61. The van der Waals surface area contributed by atoms with E-state index < -0.39 is 20.8 Å². The van der Waals surface area contributed by atoms with Crippen LogP contribution in [0.25, 0.3) is 0 Å². The fourth-order valence-corrected chi connectivity index (χ4v) is 6.24. The normalized spacial score (nSPS) is 14.8. The third-order valence-corrected chi connectivity index (χ3v) is 10.5. The molecule has 0 saturated carbocycles. The fourth-order valence-electron chi connectivity index (χ4n) is 1.07. The Balaban J connectivity index is 4.03. The molecule has 6 heteroatoms. The highest BCUT2D eigenvalue weighted by Crippen LogP contribution is 2.26. The third-order valence-electron chi connectivity index (χ3n) is 2.53. The lowest BCUT2D eigenvalue weighted by Gasteiger charge is -2.33. The first kappa shape index (κ1) is 13.2. The Morgan fingerprint density at radius 1 is 1.31 bits per heavy atom. The molecule has 0 atom stereocenters. The minimum Gasteiger partial charge on any atom is -0.353 e. The lowest BCUT2D eigenvalue weighted by molar-refractivity contribution is -0.130. The standard InChI is InChI=1S/C7H18F3NSi2/c1-11(12-2)13(3,4)6-5-7(8,9)10/h5-6,12H2,1-4H3. The molecule has 1 nitrogen and oxygen atoms in total. The van der Waals surface area contributed by atoms with E-state index >= 15 is 0 Å². The Morgan fingerprint density at radius 2 is 1.77 bits per heavy atom. The van der Waals surface area contributed by atoms with Gasteiger partial charge in [-0.2, -0.15) is 13.2 Å². The van der Waals surface area contributed by atoms with Gasteiger partial charge in [-0.1, -0.05) is 19.6 Å². The highest BCUT2D eigenvalue weighted by molar-refractivity contribution is 6.79. The van der Waals surface area contributed by atoms with E-state index in [-0.39, 0.29) is 9.68 Å². The number of nitrogens with zero attached hydrogens (tertiary/aromatic N) is 1. The van der Waals surface area contributed by atoms with Gasteiger partial charge in [-0.25, -0.2) is 0 Å². The maximum absolute atomic E-state index is 12.0. The van der Waals surface area contributed by atoms with Crippen LogP contribution in [0.15, 0.2) is 0 Å². The minimum absolute atomic E-state index is 0.302. The van der Waals surface area contributed by atoms with Crippen LogP contribution >= 0.6 is 0 Å². The lowest BCUT2D eigenvalue weighted by atomic mass is 10.5. The number of hydrogen-bond acceptors (Lipinski definition) is 1. The third kappa shape index (κ3) is 5.48. The molecular formula is C7H18F3NSi2. The molecule has 0 aliphatic carbocycles. The molecule has 0 aromatic heterocycles. The lowest BCUT2D eigenvalue weighted by Crippen LogP contribution is -2.47. The first-order valence-electron chi connectivity index (χ1n) is 4.47. The molecule has 13 heavy (non-hydrogen) atoms. The van der Waals surface area contributed by atoms with Crippen molar-refractivity contribution in [3.63, 3.8) is 0 Å². The van der Waals surface area contributed by atoms with E-state index in [9.17, 15) is 13.2 Å². The van der Waals surface area contributed by atoms with Crippen LogP contribution in [-0.4, -0.2) is 35.4 Å². The maximum atomic E-state index is 12.0. The smallest absolute Gasteiger partial charge is 0.353 e. The van der Waals surface area contributed by atoms with E-state index in [1.165, 1.54) is 0 Å². The molecule has 0 unspecified atom stereocenters. The van der Waals surface area contributed by atoms with Crippen molar-refractivity contribution in [3.05, 3.63) is 0 Å². The predicted octanol–water partition coefficient (Wildman–Crippen LogP) is 2.21. The summed E-state index contributed by atoms with van der Waals surface area (Å²) in [5.74, 6) is 0. The van der Waals surface area contributed by atoms with Gasteiger partial charge in [0.1, 0.15) is 8.24 Å². The Hall–Kier alpha value is 0.184. The van der Waals surface area contributed by atoms with Gasteiger partial charge in [0.15, 0.2) is 0 Å². The van der Waals surface area contributed by atoms with E-state index in [0.717, 1.165) is 0 Å². The number of alkyl halides is 3. The monoisotopic (exact) mass is 229 g/mol. The Bertz CT molecular complexity index is 158. The summed E-state index contributed by atoms with van der Waals surface area (Å²) in [6.45, 7) is 6.13. The second-order valence-electron chi connectivity index (χ2n) is 3.94. The van der Waals surface area contributed by atoms with Gasteiger partial charge in [-0.05, 0) is 13.1 Å². The van der Waals surface area contributed by atoms with Crippen molar-refractivity contribution in [2.45, 2.75) is 38.3 Å². The molecule has 0 rings (SSSR count). The molecule has 0 aliphatic rings.